The second-order valence-corrected chi connectivity index (χ2v) is 4.46. The summed E-state index contributed by atoms with van der Waals surface area (Å²) in [6.07, 6.45) is 1.27. The third-order valence-electron chi connectivity index (χ3n) is 1.25. The second kappa shape index (κ2) is 2.62. The minimum atomic E-state index is -2.77. The van der Waals surface area contributed by atoms with E-state index in [4.69, 9.17) is 4.78 Å². The predicted octanol–water partition coefficient (Wildman–Crippen LogP) is 1.86. The summed E-state index contributed by atoms with van der Waals surface area (Å²) < 4.78 is 30.7. The van der Waals surface area contributed by atoms with Crippen molar-refractivity contribution in [3.8, 4) is 0 Å². The van der Waals surface area contributed by atoms with Crippen LogP contribution in [0.1, 0.15) is 0 Å². The Kier molecular flexibility index (Phi) is 1.95. The number of hydrogen-bond donors (Lipinski definition) is 1. The van der Waals surface area contributed by atoms with E-state index in [1.807, 2.05) is 0 Å². The van der Waals surface area contributed by atoms with E-state index in [-0.39, 0.29) is 4.90 Å². The molecular weight excluding hydrogens is 165 g/mol. The van der Waals surface area contributed by atoms with Gasteiger partial charge in [0.05, 0.1) is 9.73 Å². The van der Waals surface area contributed by atoms with Crippen LogP contribution in [0, 0.1) is 10.6 Å². The molecule has 0 amide bonds. The van der Waals surface area contributed by atoms with Crippen LogP contribution >= 0.6 is 0 Å². The molecular formula is C7H8FNOS. The van der Waals surface area contributed by atoms with Crippen molar-refractivity contribution in [2.75, 3.05) is 6.26 Å². The Bertz CT molecular complexity index is 358. The topological polar surface area (TPSA) is 40.9 Å². The van der Waals surface area contributed by atoms with Crippen molar-refractivity contribution in [3.05, 3.63) is 30.1 Å². The zero-order valence-electron chi connectivity index (χ0n) is 6.00. The minimum Gasteiger partial charge on any atom is -0.249 e. The summed E-state index contributed by atoms with van der Waals surface area (Å²) in [5.74, 6) is -0.454. The van der Waals surface area contributed by atoms with Crippen LogP contribution in [0.25, 0.3) is 0 Å². The minimum absolute atomic E-state index is 0.234. The second-order valence-electron chi connectivity index (χ2n) is 2.30. The molecule has 0 aliphatic heterocycles. The van der Waals surface area contributed by atoms with Crippen LogP contribution in [-0.2, 0) is 9.73 Å². The smallest absolute Gasteiger partial charge is 0.124 e. The van der Waals surface area contributed by atoms with E-state index in [1.165, 1.54) is 24.5 Å². The molecule has 0 heterocycles. The highest BCUT2D eigenvalue weighted by molar-refractivity contribution is 7.91. The van der Waals surface area contributed by atoms with Gasteiger partial charge in [0.25, 0.3) is 0 Å². The maximum Gasteiger partial charge on any atom is 0.124 e. The fraction of sp³-hybridized carbons (Fsp3) is 0.143. The lowest BCUT2D eigenvalue weighted by atomic mass is 10.4. The van der Waals surface area contributed by atoms with Gasteiger partial charge in [-0.1, -0.05) is 6.07 Å². The first-order valence-corrected chi connectivity index (χ1v) is 4.96. The maximum absolute atomic E-state index is 12.5. The highest BCUT2D eigenvalue weighted by atomic mass is 32.2. The molecule has 0 spiro atoms. The Labute approximate surface area is 65.0 Å². The first-order chi connectivity index (χ1) is 5.00. The SMILES string of the molecule is CS(=N)(=O)c1cccc(F)c1. The lowest BCUT2D eigenvalue weighted by Gasteiger charge is -1.98. The van der Waals surface area contributed by atoms with Gasteiger partial charge in [0.1, 0.15) is 5.82 Å². The van der Waals surface area contributed by atoms with Crippen molar-refractivity contribution in [2.24, 2.45) is 0 Å². The van der Waals surface area contributed by atoms with Crippen molar-refractivity contribution < 1.29 is 8.60 Å². The Morgan fingerprint density at radius 1 is 1.55 bits per heavy atom. The third kappa shape index (κ3) is 2.01. The summed E-state index contributed by atoms with van der Waals surface area (Å²) in [5, 5.41) is 0. The number of halogens is 1. The molecule has 1 rings (SSSR count). The van der Waals surface area contributed by atoms with E-state index in [1.54, 1.807) is 0 Å². The molecule has 4 heteroatoms. The third-order valence-corrected chi connectivity index (χ3v) is 2.40. The van der Waals surface area contributed by atoms with Crippen LogP contribution in [0.3, 0.4) is 0 Å². The molecule has 1 aromatic rings. The quantitative estimate of drug-likeness (QED) is 0.691. The largest absolute Gasteiger partial charge is 0.249 e. The van der Waals surface area contributed by atoms with Gasteiger partial charge in [-0.15, -0.1) is 0 Å². The Morgan fingerprint density at radius 2 is 2.18 bits per heavy atom. The molecule has 0 bridgehead atoms. The van der Waals surface area contributed by atoms with Crippen molar-refractivity contribution in [3.63, 3.8) is 0 Å². The van der Waals surface area contributed by atoms with Gasteiger partial charge in [0.2, 0.25) is 0 Å². The van der Waals surface area contributed by atoms with Gasteiger partial charge >= 0.3 is 0 Å². The lowest BCUT2D eigenvalue weighted by molar-refractivity contribution is 0.622. The summed E-state index contributed by atoms with van der Waals surface area (Å²) in [5.41, 5.74) is 0. The molecule has 0 radical (unpaired) electrons. The normalized spacial score (nSPS) is 15.8. The molecule has 1 atom stereocenters. The van der Waals surface area contributed by atoms with Gasteiger partial charge in [-0.2, -0.15) is 0 Å². The number of rotatable bonds is 1. The predicted molar refractivity (Wildman–Crippen MR) is 41.5 cm³/mol. The van der Waals surface area contributed by atoms with Crippen LogP contribution in [-0.4, -0.2) is 10.5 Å². The summed E-state index contributed by atoms with van der Waals surface area (Å²) >= 11 is 0. The van der Waals surface area contributed by atoms with Crippen molar-refractivity contribution >= 4 is 9.73 Å². The first-order valence-electron chi connectivity index (χ1n) is 2.99. The highest BCUT2D eigenvalue weighted by Gasteiger charge is 2.02. The van der Waals surface area contributed by atoms with Crippen LogP contribution in [0.15, 0.2) is 29.2 Å². The van der Waals surface area contributed by atoms with Crippen LogP contribution in [0.5, 0.6) is 0 Å². The monoisotopic (exact) mass is 173 g/mol. The number of hydrogen-bond acceptors (Lipinski definition) is 2. The number of benzene rings is 1. The fourth-order valence-electron chi connectivity index (χ4n) is 0.709. The van der Waals surface area contributed by atoms with Gasteiger partial charge in [0.15, 0.2) is 0 Å². The number of nitrogens with one attached hydrogen (secondary N) is 1. The summed E-state index contributed by atoms with van der Waals surface area (Å²) in [6.45, 7) is 0. The summed E-state index contributed by atoms with van der Waals surface area (Å²) in [4.78, 5) is 0.234. The molecule has 11 heavy (non-hydrogen) atoms. The highest BCUT2D eigenvalue weighted by Crippen LogP contribution is 2.09. The molecule has 0 fully saturated rings. The molecule has 0 saturated heterocycles. The van der Waals surface area contributed by atoms with E-state index in [9.17, 15) is 8.60 Å². The average molecular weight is 173 g/mol. The lowest BCUT2D eigenvalue weighted by Crippen LogP contribution is -1.94. The molecule has 0 aliphatic carbocycles. The van der Waals surface area contributed by atoms with E-state index in [2.05, 4.69) is 0 Å². The molecule has 2 nitrogen and oxygen atoms in total. The molecule has 0 saturated carbocycles. The van der Waals surface area contributed by atoms with E-state index in [0.717, 1.165) is 6.07 Å². The molecule has 0 aliphatic rings. The zero-order chi connectivity index (χ0) is 8.48. The van der Waals surface area contributed by atoms with E-state index >= 15 is 0 Å². The van der Waals surface area contributed by atoms with Gasteiger partial charge in [-0.25, -0.2) is 13.4 Å². The average Bonchev–Trinajstić information content (AvgIpc) is 1.86. The van der Waals surface area contributed by atoms with Gasteiger partial charge in [0, 0.05) is 11.2 Å². The molecule has 1 aromatic carbocycles. The maximum atomic E-state index is 12.5. The summed E-state index contributed by atoms with van der Waals surface area (Å²) in [6, 6.07) is 5.31. The van der Waals surface area contributed by atoms with Crippen molar-refractivity contribution in [2.45, 2.75) is 4.90 Å². The van der Waals surface area contributed by atoms with Crippen LogP contribution < -0.4 is 0 Å². The molecule has 60 valence electrons. The van der Waals surface area contributed by atoms with Crippen molar-refractivity contribution in [1.82, 2.24) is 0 Å². The standard InChI is InChI=1S/C7H8FNOS/c1-11(9,10)7-4-2-3-6(8)5-7/h2-5,9H,1H3. The Hall–Kier alpha value is -0.900. The zero-order valence-corrected chi connectivity index (χ0v) is 6.82. The van der Waals surface area contributed by atoms with Crippen molar-refractivity contribution in [1.29, 1.82) is 4.78 Å². The van der Waals surface area contributed by atoms with Crippen LogP contribution in [0.4, 0.5) is 4.39 Å². The van der Waals surface area contributed by atoms with E-state index < -0.39 is 15.5 Å². The first kappa shape index (κ1) is 8.20. The van der Waals surface area contributed by atoms with Gasteiger partial charge in [-0.05, 0) is 18.2 Å². The molecule has 1 N–H and O–H groups in total. The summed E-state index contributed by atoms with van der Waals surface area (Å²) in [7, 11) is -2.77. The fourth-order valence-corrected chi connectivity index (χ4v) is 1.39. The van der Waals surface area contributed by atoms with Gasteiger partial charge < -0.3 is 0 Å². The Balaban J connectivity index is 3.28. The van der Waals surface area contributed by atoms with E-state index in [0.29, 0.717) is 0 Å². The van der Waals surface area contributed by atoms with Crippen LogP contribution in [0.2, 0.25) is 0 Å². The van der Waals surface area contributed by atoms with Gasteiger partial charge in [-0.3, -0.25) is 0 Å². The molecule has 0 aromatic heterocycles. The Morgan fingerprint density at radius 3 is 2.55 bits per heavy atom. The molecule has 1 unspecified atom stereocenters.